The number of sulfonamides is 1. The number of furan rings is 1. The maximum atomic E-state index is 12.2. The average Bonchev–Trinajstić information content (AvgIpc) is 3.00. The first-order chi connectivity index (χ1) is 11.2. The van der Waals surface area contributed by atoms with Crippen molar-refractivity contribution in [1.29, 1.82) is 0 Å². The standard InChI is InChI=1S/C15H19N3O5S/c1-10(2)17-24(21,22)12-6-7-13(14(9-12)18(19)20)16-11(3)15-5-4-8-23-15/h4-11,16-17H,1-3H3/t11-/m1/s1. The Morgan fingerprint density at radius 1 is 1.21 bits per heavy atom. The molecule has 0 saturated carbocycles. The molecule has 1 aromatic carbocycles. The van der Waals surface area contributed by atoms with Crippen LogP contribution in [0.5, 0.6) is 0 Å². The highest BCUT2D eigenvalue weighted by Gasteiger charge is 2.23. The molecule has 1 aromatic heterocycles. The minimum absolute atomic E-state index is 0.154. The molecule has 0 aliphatic heterocycles. The zero-order valence-electron chi connectivity index (χ0n) is 13.5. The number of anilines is 1. The number of hydrogen-bond donors (Lipinski definition) is 2. The molecule has 24 heavy (non-hydrogen) atoms. The smallest absolute Gasteiger partial charge is 0.293 e. The van der Waals surface area contributed by atoms with Gasteiger partial charge in [-0.1, -0.05) is 0 Å². The summed E-state index contributed by atoms with van der Waals surface area (Å²) in [5, 5.41) is 14.3. The zero-order valence-corrected chi connectivity index (χ0v) is 14.3. The topological polar surface area (TPSA) is 114 Å². The van der Waals surface area contributed by atoms with Crippen molar-refractivity contribution in [3.8, 4) is 0 Å². The van der Waals surface area contributed by atoms with E-state index in [1.165, 1.54) is 18.4 Å². The predicted molar refractivity (Wildman–Crippen MR) is 89.3 cm³/mol. The van der Waals surface area contributed by atoms with Gasteiger partial charge >= 0.3 is 0 Å². The summed E-state index contributed by atoms with van der Waals surface area (Å²) in [4.78, 5) is 10.5. The molecule has 0 radical (unpaired) electrons. The highest BCUT2D eigenvalue weighted by Crippen LogP contribution is 2.30. The molecule has 0 bridgehead atoms. The monoisotopic (exact) mass is 353 g/mol. The number of benzene rings is 1. The van der Waals surface area contributed by atoms with Gasteiger partial charge in [0.25, 0.3) is 5.69 Å². The van der Waals surface area contributed by atoms with Crippen molar-refractivity contribution in [2.45, 2.75) is 37.8 Å². The maximum absolute atomic E-state index is 12.2. The molecule has 130 valence electrons. The summed E-state index contributed by atoms with van der Waals surface area (Å²) in [6.07, 6.45) is 1.51. The summed E-state index contributed by atoms with van der Waals surface area (Å²) >= 11 is 0. The molecule has 0 fully saturated rings. The maximum Gasteiger partial charge on any atom is 0.293 e. The molecular weight excluding hydrogens is 334 g/mol. The third-order valence-corrected chi connectivity index (χ3v) is 4.87. The van der Waals surface area contributed by atoms with Gasteiger partial charge < -0.3 is 9.73 Å². The molecule has 1 atom stereocenters. The number of rotatable bonds is 7. The van der Waals surface area contributed by atoms with Gasteiger partial charge in [0.15, 0.2) is 0 Å². The lowest BCUT2D eigenvalue weighted by Crippen LogP contribution is -2.30. The van der Waals surface area contributed by atoms with Gasteiger partial charge in [0.05, 0.1) is 22.1 Å². The van der Waals surface area contributed by atoms with Crippen molar-refractivity contribution in [3.63, 3.8) is 0 Å². The summed E-state index contributed by atoms with van der Waals surface area (Å²) in [5.41, 5.74) is -0.104. The first-order valence-corrected chi connectivity index (χ1v) is 8.79. The Morgan fingerprint density at radius 2 is 1.92 bits per heavy atom. The van der Waals surface area contributed by atoms with Gasteiger partial charge in [0.1, 0.15) is 11.4 Å². The molecule has 0 spiro atoms. The van der Waals surface area contributed by atoms with Crippen molar-refractivity contribution in [2.24, 2.45) is 0 Å². The van der Waals surface area contributed by atoms with E-state index < -0.39 is 14.9 Å². The van der Waals surface area contributed by atoms with Crippen LogP contribution in [-0.2, 0) is 10.0 Å². The molecule has 1 heterocycles. The number of nitrogens with zero attached hydrogens (tertiary/aromatic N) is 1. The van der Waals surface area contributed by atoms with Crippen LogP contribution in [0.15, 0.2) is 45.9 Å². The van der Waals surface area contributed by atoms with Crippen LogP contribution in [0.25, 0.3) is 0 Å². The number of nitro groups is 1. The van der Waals surface area contributed by atoms with E-state index in [0.717, 1.165) is 6.07 Å². The second-order valence-corrected chi connectivity index (χ2v) is 7.31. The van der Waals surface area contributed by atoms with Crippen LogP contribution in [0.4, 0.5) is 11.4 Å². The van der Waals surface area contributed by atoms with E-state index in [2.05, 4.69) is 10.0 Å². The highest BCUT2D eigenvalue weighted by molar-refractivity contribution is 7.89. The number of hydrogen-bond acceptors (Lipinski definition) is 6. The average molecular weight is 353 g/mol. The van der Waals surface area contributed by atoms with Gasteiger partial charge in [-0.2, -0.15) is 0 Å². The molecule has 0 aliphatic carbocycles. The first-order valence-electron chi connectivity index (χ1n) is 7.31. The summed E-state index contributed by atoms with van der Waals surface area (Å²) < 4.78 is 32.0. The summed E-state index contributed by atoms with van der Waals surface area (Å²) in [7, 11) is -3.80. The Bertz CT molecular complexity index is 816. The van der Waals surface area contributed by atoms with Gasteiger partial charge in [0, 0.05) is 12.1 Å². The lowest BCUT2D eigenvalue weighted by Gasteiger charge is -2.14. The minimum Gasteiger partial charge on any atom is -0.467 e. The Kier molecular flexibility index (Phi) is 5.25. The Labute approximate surface area is 140 Å². The van der Waals surface area contributed by atoms with Gasteiger partial charge in [-0.25, -0.2) is 13.1 Å². The van der Waals surface area contributed by atoms with Gasteiger partial charge in [-0.15, -0.1) is 0 Å². The van der Waals surface area contributed by atoms with Crippen LogP contribution in [0.3, 0.4) is 0 Å². The van der Waals surface area contributed by atoms with E-state index in [-0.39, 0.29) is 28.4 Å². The Morgan fingerprint density at radius 3 is 2.46 bits per heavy atom. The van der Waals surface area contributed by atoms with Crippen LogP contribution in [0.2, 0.25) is 0 Å². The predicted octanol–water partition coefficient (Wildman–Crippen LogP) is 3.05. The van der Waals surface area contributed by atoms with E-state index in [9.17, 15) is 18.5 Å². The van der Waals surface area contributed by atoms with E-state index >= 15 is 0 Å². The van der Waals surface area contributed by atoms with Gasteiger partial charge in [-0.05, 0) is 45.0 Å². The van der Waals surface area contributed by atoms with Crippen LogP contribution < -0.4 is 10.0 Å². The quantitative estimate of drug-likeness (QED) is 0.584. The van der Waals surface area contributed by atoms with E-state index in [1.807, 2.05) is 0 Å². The Balaban J connectivity index is 2.35. The summed E-state index contributed by atoms with van der Waals surface area (Å²) in [5.74, 6) is 0.613. The van der Waals surface area contributed by atoms with Gasteiger partial charge in [0.2, 0.25) is 10.0 Å². The van der Waals surface area contributed by atoms with E-state index in [1.54, 1.807) is 32.9 Å². The molecule has 2 aromatic rings. The van der Waals surface area contributed by atoms with Crippen LogP contribution in [-0.4, -0.2) is 19.4 Å². The first kappa shape index (κ1) is 18.0. The largest absolute Gasteiger partial charge is 0.467 e. The molecule has 2 N–H and O–H groups in total. The normalized spacial score (nSPS) is 13.0. The fraction of sp³-hybridized carbons (Fsp3) is 0.333. The Hall–Kier alpha value is -2.39. The van der Waals surface area contributed by atoms with Crippen molar-refractivity contribution < 1.29 is 17.8 Å². The van der Waals surface area contributed by atoms with E-state index in [4.69, 9.17) is 4.42 Å². The van der Waals surface area contributed by atoms with E-state index in [0.29, 0.717) is 5.76 Å². The molecule has 0 saturated heterocycles. The molecule has 9 heteroatoms. The van der Waals surface area contributed by atoms with Crippen LogP contribution in [0.1, 0.15) is 32.6 Å². The second kappa shape index (κ2) is 7.02. The van der Waals surface area contributed by atoms with Crippen molar-refractivity contribution >= 4 is 21.4 Å². The lowest BCUT2D eigenvalue weighted by molar-refractivity contribution is -0.384. The number of nitro benzene ring substituents is 1. The lowest BCUT2D eigenvalue weighted by atomic mass is 10.2. The van der Waals surface area contributed by atoms with Gasteiger partial charge in [-0.3, -0.25) is 10.1 Å². The number of nitrogens with one attached hydrogen (secondary N) is 2. The molecule has 2 rings (SSSR count). The second-order valence-electron chi connectivity index (χ2n) is 5.59. The fourth-order valence-electron chi connectivity index (χ4n) is 2.17. The molecule has 8 nitrogen and oxygen atoms in total. The van der Waals surface area contributed by atoms with Crippen LogP contribution >= 0.6 is 0 Å². The minimum atomic E-state index is -3.80. The van der Waals surface area contributed by atoms with Crippen LogP contribution in [0, 0.1) is 10.1 Å². The molecular formula is C15H19N3O5S. The summed E-state index contributed by atoms with van der Waals surface area (Å²) in [6, 6.07) is 6.59. The van der Waals surface area contributed by atoms with Crippen molar-refractivity contribution in [1.82, 2.24) is 4.72 Å². The highest BCUT2D eigenvalue weighted by atomic mass is 32.2. The SMILES string of the molecule is CC(C)NS(=O)(=O)c1ccc(N[C@H](C)c2ccco2)c([N+](=O)[O-])c1. The van der Waals surface area contributed by atoms with Crippen molar-refractivity contribution in [3.05, 3.63) is 52.5 Å². The molecule has 0 amide bonds. The van der Waals surface area contributed by atoms with Crippen molar-refractivity contribution in [2.75, 3.05) is 5.32 Å². The molecule has 0 unspecified atom stereocenters. The third kappa shape index (κ3) is 4.12. The fourth-order valence-corrected chi connectivity index (χ4v) is 3.44. The summed E-state index contributed by atoms with van der Waals surface area (Å²) in [6.45, 7) is 5.13. The zero-order chi connectivity index (χ0) is 17.9. The molecule has 0 aliphatic rings. The third-order valence-electron chi connectivity index (χ3n) is 3.21.